The number of halogens is 3. The number of benzene rings is 1. The molecule has 1 N–H and O–H groups in total. The van der Waals surface area contributed by atoms with E-state index in [1.807, 2.05) is 0 Å². The molecule has 0 spiro atoms. The zero-order chi connectivity index (χ0) is 17.7. The Hall–Kier alpha value is -2.05. The molecule has 0 aliphatic carbocycles. The molecule has 0 aromatic heterocycles. The molecule has 1 amide bonds. The standard InChI is InChI=1S/C17H20F3NO3/c18-17(19,20)13-7-3-5-12(11-13)6-4-9-15(22)21-10-2-1-8-14(21)16(23)24/h3,5,7,11,14H,1-2,4,6,8-10H2,(H,23,24)/t14-/m1/s1. The topological polar surface area (TPSA) is 57.6 Å². The molecule has 1 aliphatic heterocycles. The van der Waals surface area contributed by atoms with Crippen LogP contribution >= 0.6 is 0 Å². The number of nitrogens with zero attached hydrogens (tertiary/aromatic N) is 1. The van der Waals surface area contributed by atoms with Gasteiger partial charge < -0.3 is 10.0 Å². The van der Waals surface area contributed by atoms with Crippen LogP contribution < -0.4 is 0 Å². The van der Waals surface area contributed by atoms with Gasteiger partial charge in [0.25, 0.3) is 0 Å². The third-order valence-corrected chi connectivity index (χ3v) is 4.22. The van der Waals surface area contributed by atoms with Crippen LogP contribution in [-0.4, -0.2) is 34.5 Å². The lowest BCUT2D eigenvalue weighted by Crippen LogP contribution is -2.47. The number of carbonyl (C=O) groups excluding carboxylic acids is 1. The highest BCUT2D eigenvalue weighted by atomic mass is 19.4. The molecule has 1 fully saturated rings. The van der Waals surface area contributed by atoms with Crippen molar-refractivity contribution in [3.8, 4) is 0 Å². The summed E-state index contributed by atoms with van der Waals surface area (Å²) in [6.07, 6.45) is -1.48. The average Bonchev–Trinajstić information content (AvgIpc) is 2.54. The predicted octanol–water partition coefficient (Wildman–Crippen LogP) is 3.49. The van der Waals surface area contributed by atoms with Gasteiger partial charge in [0.1, 0.15) is 6.04 Å². The maximum atomic E-state index is 12.7. The number of carboxylic acids is 1. The van der Waals surface area contributed by atoms with Crippen LogP contribution in [-0.2, 0) is 22.2 Å². The second-order valence-electron chi connectivity index (χ2n) is 5.99. The lowest BCUT2D eigenvalue weighted by molar-refractivity contribution is -0.152. The molecule has 0 unspecified atom stereocenters. The molecule has 0 bridgehead atoms. The van der Waals surface area contributed by atoms with Crippen LogP contribution in [0.25, 0.3) is 0 Å². The van der Waals surface area contributed by atoms with E-state index in [1.165, 1.54) is 11.0 Å². The third kappa shape index (κ3) is 4.72. The summed E-state index contributed by atoms with van der Waals surface area (Å²) in [4.78, 5) is 24.8. The summed E-state index contributed by atoms with van der Waals surface area (Å²) in [7, 11) is 0. The van der Waals surface area contributed by atoms with Crippen molar-refractivity contribution >= 4 is 11.9 Å². The third-order valence-electron chi connectivity index (χ3n) is 4.22. The molecule has 2 rings (SSSR count). The highest BCUT2D eigenvalue weighted by Crippen LogP contribution is 2.29. The quantitative estimate of drug-likeness (QED) is 0.890. The number of hydrogen-bond donors (Lipinski definition) is 1. The van der Waals surface area contributed by atoms with Crippen LogP contribution in [0.5, 0.6) is 0 Å². The van der Waals surface area contributed by atoms with Crippen molar-refractivity contribution in [3.05, 3.63) is 35.4 Å². The van der Waals surface area contributed by atoms with Gasteiger partial charge in [-0.25, -0.2) is 4.79 Å². The maximum absolute atomic E-state index is 12.7. The van der Waals surface area contributed by atoms with Crippen LogP contribution in [0.1, 0.15) is 43.2 Å². The summed E-state index contributed by atoms with van der Waals surface area (Å²) >= 11 is 0. The molecule has 0 saturated carbocycles. The van der Waals surface area contributed by atoms with Crippen molar-refractivity contribution < 1.29 is 27.9 Å². The summed E-state index contributed by atoms with van der Waals surface area (Å²) in [6, 6.07) is 4.27. The molecule has 0 radical (unpaired) electrons. The number of piperidine rings is 1. The molecule has 7 heteroatoms. The van der Waals surface area contributed by atoms with Gasteiger partial charge in [-0.2, -0.15) is 13.2 Å². The normalized spacial score (nSPS) is 18.5. The number of aliphatic carboxylic acids is 1. The van der Waals surface area contributed by atoms with E-state index in [2.05, 4.69) is 0 Å². The Balaban J connectivity index is 1.89. The first-order chi connectivity index (χ1) is 11.3. The van der Waals surface area contributed by atoms with E-state index in [0.717, 1.165) is 25.0 Å². The minimum atomic E-state index is -4.38. The van der Waals surface area contributed by atoms with E-state index >= 15 is 0 Å². The number of aryl methyl sites for hydroxylation is 1. The molecule has 24 heavy (non-hydrogen) atoms. The van der Waals surface area contributed by atoms with Crippen molar-refractivity contribution in [2.24, 2.45) is 0 Å². The first-order valence-electron chi connectivity index (χ1n) is 7.97. The number of carboxylic acid groups (broad SMARTS) is 1. The van der Waals surface area contributed by atoms with Crippen molar-refractivity contribution in [2.45, 2.75) is 50.7 Å². The van der Waals surface area contributed by atoms with Gasteiger partial charge in [-0.15, -0.1) is 0 Å². The maximum Gasteiger partial charge on any atom is 0.416 e. The molecule has 1 aromatic rings. The molecule has 1 atom stereocenters. The SMILES string of the molecule is O=C(O)[C@H]1CCCCN1C(=O)CCCc1cccc(C(F)(F)F)c1. The van der Waals surface area contributed by atoms with E-state index in [0.29, 0.717) is 31.4 Å². The van der Waals surface area contributed by atoms with E-state index in [4.69, 9.17) is 5.11 Å². The number of likely N-dealkylation sites (tertiary alicyclic amines) is 1. The van der Waals surface area contributed by atoms with Crippen molar-refractivity contribution in [2.75, 3.05) is 6.54 Å². The van der Waals surface area contributed by atoms with Crippen LogP contribution in [0.4, 0.5) is 13.2 Å². The van der Waals surface area contributed by atoms with Crippen molar-refractivity contribution in [3.63, 3.8) is 0 Å². The second kappa shape index (κ2) is 7.68. The zero-order valence-electron chi connectivity index (χ0n) is 13.2. The van der Waals surface area contributed by atoms with Crippen molar-refractivity contribution in [1.29, 1.82) is 0 Å². The summed E-state index contributed by atoms with van der Waals surface area (Å²) < 4.78 is 38.0. The Labute approximate surface area is 138 Å². The molecular weight excluding hydrogens is 323 g/mol. The molecule has 4 nitrogen and oxygen atoms in total. The van der Waals surface area contributed by atoms with Crippen LogP contribution in [0.3, 0.4) is 0 Å². The largest absolute Gasteiger partial charge is 0.480 e. The Kier molecular flexibility index (Phi) is 5.85. The summed E-state index contributed by atoms with van der Waals surface area (Å²) in [6.45, 7) is 0.430. The van der Waals surface area contributed by atoms with Gasteiger partial charge in [-0.05, 0) is 43.7 Å². The number of rotatable bonds is 5. The minimum Gasteiger partial charge on any atom is -0.480 e. The highest BCUT2D eigenvalue weighted by molar-refractivity contribution is 5.83. The molecule has 1 aliphatic rings. The molecule has 132 valence electrons. The first-order valence-corrected chi connectivity index (χ1v) is 7.97. The van der Waals surface area contributed by atoms with Crippen molar-refractivity contribution in [1.82, 2.24) is 4.90 Å². The number of carbonyl (C=O) groups is 2. The van der Waals surface area contributed by atoms with E-state index < -0.39 is 23.8 Å². The van der Waals surface area contributed by atoms with Gasteiger partial charge in [0.05, 0.1) is 5.56 Å². The lowest BCUT2D eigenvalue weighted by atomic mass is 10.0. The van der Waals surface area contributed by atoms with Gasteiger partial charge in [0, 0.05) is 13.0 Å². The van der Waals surface area contributed by atoms with E-state index in [9.17, 15) is 22.8 Å². The summed E-state index contributed by atoms with van der Waals surface area (Å²) in [5, 5.41) is 9.17. The van der Waals surface area contributed by atoms with E-state index in [-0.39, 0.29) is 12.3 Å². The summed E-state index contributed by atoms with van der Waals surface area (Å²) in [5.74, 6) is -1.24. The predicted molar refractivity (Wildman–Crippen MR) is 81.4 cm³/mol. The highest BCUT2D eigenvalue weighted by Gasteiger charge is 2.32. The number of hydrogen-bond acceptors (Lipinski definition) is 2. The lowest BCUT2D eigenvalue weighted by Gasteiger charge is -2.33. The first kappa shape index (κ1) is 18.3. The van der Waals surface area contributed by atoms with Gasteiger partial charge in [0.15, 0.2) is 0 Å². The second-order valence-corrected chi connectivity index (χ2v) is 5.99. The van der Waals surface area contributed by atoms with Gasteiger partial charge in [-0.1, -0.05) is 18.2 Å². The Bertz CT molecular complexity index is 601. The van der Waals surface area contributed by atoms with Gasteiger partial charge >= 0.3 is 12.1 Å². The fraction of sp³-hybridized carbons (Fsp3) is 0.529. The Morgan fingerprint density at radius 2 is 2.00 bits per heavy atom. The zero-order valence-corrected chi connectivity index (χ0v) is 13.2. The number of alkyl halides is 3. The average molecular weight is 343 g/mol. The fourth-order valence-corrected chi connectivity index (χ4v) is 2.98. The minimum absolute atomic E-state index is 0.139. The van der Waals surface area contributed by atoms with Gasteiger partial charge in [0.2, 0.25) is 5.91 Å². The van der Waals surface area contributed by atoms with E-state index in [1.54, 1.807) is 6.07 Å². The monoisotopic (exact) mass is 343 g/mol. The van der Waals surface area contributed by atoms with Crippen LogP contribution in [0.2, 0.25) is 0 Å². The smallest absolute Gasteiger partial charge is 0.416 e. The number of amides is 1. The Morgan fingerprint density at radius 3 is 2.67 bits per heavy atom. The Morgan fingerprint density at radius 1 is 1.25 bits per heavy atom. The summed E-state index contributed by atoms with van der Waals surface area (Å²) in [5.41, 5.74) is -0.181. The molecular formula is C17H20F3NO3. The molecule has 1 aromatic carbocycles. The fourth-order valence-electron chi connectivity index (χ4n) is 2.98. The van der Waals surface area contributed by atoms with Crippen LogP contribution in [0, 0.1) is 0 Å². The van der Waals surface area contributed by atoms with Gasteiger partial charge in [-0.3, -0.25) is 4.79 Å². The molecule has 1 saturated heterocycles. The molecule has 1 heterocycles. The van der Waals surface area contributed by atoms with Crippen LogP contribution in [0.15, 0.2) is 24.3 Å².